The van der Waals surface area contributed by atoms with Crippen molar-refractivity contribution in [1.82, 2.24) is 10.2 Å². The van der Waals surface area contributed by atoms with Crippen LogP contribution >= 0.6 is 0 Å². The van der Waals surface area contributed by atoms with Crippen LogP contribution in [0.15, 0.2) is 0 Å². The maximum atomic E-state index is 12.9. The highest BCUT2D eigenvalue weighted by Gasteiger charge is 2.59. The van der Waals surface area contributed by atoms with Gasteiger partial charge in [-0.3, -0.25) is 9.59 Å². The summed E-state index contributed by atoms with van der Waals surface area (Å²) in [7, 11) is 0. The highest BCUT2D eigenvalue weighted by Crippen LogP contribution is 2.63. The van der Waals surface area contributed by atoms with Gasteiger partial charge in [-0.05, 0) is 55.8 Å². The molecule has 4 rings (SSSR count). The Morgan fingerprint density at radius 3 is 2.21 bits per heavy atom. The van der Waals surface area contributed by atoms with Gasteiger partial charge in [0.2, 0.25) is 11.8 Å². The SMILES string of the molecule is CC(=O)NC1CCCCC12CCN(C(=O)C1CC13CCCC3)CC2. The molecule has 0 bridgehead atoms. The van der Waals surface area contributed by atoms with Crippen LogP contribution in [-0.4, -0.2) is 35.8 Å². The van der Waals surface area contributed by atoms with E-state index in [1.165, 1.54) is 44.9 Å². The molecular weight excluding hydrogens is 300 g/mol. The van der Waals surface area contributed by atoms with Crippen molar-refractivity contribution >= 4 is 11.8 Å². The molecule has 4 fully saturated rings. The summed E-state index contributed by atoms with van der Waals surface area (Å²) in [6.07, 6.45) is 13.3. The Morgan fingerprint density at radius 1 is 0.917 bits per heavy atom. The topological polar surface area (TPSA) is 49.4 Å². The van der Waals surface area contributed by atoms with E-state index in [2.05, 4.69) is 10.2 Å². The molecule has 2 unspecified atom stereocenters. The third kappa shape index (κ3) is 2.76. The minimum absolute atomic E-state index is 0.0981. The number of piperidine rings is 1. The minimum Gasteiger partial charge on any atom is -0.353 e. The van der Waals surface area contributed by atoms with Crippen molar-refractivity contribution in [1.29, 1.82) is 0 Å². The molecule has 4 heteroatoms. The molecule has 1 saturated heterocycles. The highest BCUT2D eigenvalue weighted by molar-refractivity contribution is 5.83. The molecule has 3 saturated carbocycles. The van der Waals surface area contributed by atoms with E-state index in [4.69, 9.17) is 0 Å². The molecule has 1 heterocycles. The van der Waals surface area contributed by atoms with E-state index < -0.39 is 0 Å². The van der Waals surface area contributed by atoms with Gasteiger partial charge < -0.3 is 10.2 Å². The Balaban J connectivity index is 1.37. The molecule has 0 aromatic rings. The average Bonchev–Trinajstić information content (AvgIpc) is 3.06. The van der Waals surface area contributed by atoms with E-state index in [1.54, 1.807) is 6.92 Å². The van der Waals surface area contributed by atoms with Gasteiger partial charge >= 0.3 is 0 Å². The highest BCUT2D eigenvalue weighted by atomic mass is 16.2. The maximum absolute atomic E-state index is 12.9. The number of rotatable bonds is 2. The smallest absolute Gasteiger partial charge is 0.226 e. The van der Waals surface area contributed by atoms with Crippen LogP contribution in [0.4, 0.5) is 0 Å². The van der Waals surface area contributed by atoms with Crippen molar-refractivity contribution in [2.45, 2.75) is 83.6 Å². The number of hydrogen-bond donors (Lipinski definition) is 1. The molecule has 1 aliphatic heterocycles. The summed E-state index contributed by atoms with van der Waals surface area (Å²) >= 11 is 0. The Hall–Kier alpha value is -1.06. The van der Waals surface area contributed by atoms with E-state index in [1.807, 2.05) is 0 Å². The number of carbonyl (C=O) groups excluding carboxylic acids is 2. The number of carbonyl (C=O) groups is 2. The van der Waals surface area contributed by atoms with Crippen LogP contribution in [0.1, 0.15) is 77.6 Å². The first-order valence-corrected chi connectivity index (χ1v) is 10.1. The van der Waals surface area contributed by atoms with E-state index in [0.29, 0.717) is 23.3 Å². The molecule has 2 spiro atoms. The van der Waals surface area contributed by atoms with Crippen LogP contribution in [-0.2, 0) is 9.59 Å². The van der Waals surface area contributed by atoms with Crippen molar-refractivity contribution in [3.05, 3.63) is 0 Å². The average molecular weight is 332 g/mol. The van der Waals surface area contributed by atoms with Crippen LogP contribution < -0.4 is 5.32 Å². The first kappa shape index (κ1) is 16.4. The van der Waals surface area contributed by atoms with Crippen LogP contribution in [0.3, 0.4) is 0 Å². The number of likely N-dealkylation sites (tertiary alicyclic amines) is 1. The van der Waals surface area contributed by atoms with Crippen LogP contribution in [0.2, 0.25) is 0 Å². The van der Waals surface area contributed by atoms with Gasteiger partial charge in [0.15, 0.2) is 0 Å². The van der Waals surface area contributed by atoms with Crippen molar-refractivity contribution in [3.8, 4) is 0 Å². The predicted molar refractivity (Wildman–Crippen MR) is 93.3 cm³/mol. The lowest BCUT2D eigenvalue weighted by Crippen LogP contribution is -2.55. The second-order valence-electron chi connectivity index (χ2n) is 9.01. The summed E-state index contributed by atoms with van der Waals surface area (Å²) < 4.78 is 0. The zero-order valence-corrected chi connectivity index (χ0v) is 15.1. The molecule has 0 aromatic heterocycles. The summed E-state index contributed by atoms with van der Waals surface area (Å²) in [6.45, 7) is 3.44. The molecule has 1 N–H and O–H groups in total. The lowest BCUT2D eigenvalue weighted by atomic mass is 9.64. The van der Waals surface area contributed by atoms with Gasteiger partial charge in [-0.15, -0.1) is 0 Å². The first-order chi connectivity index (χ1) is 11.5. The fourth-order valence-electron chi connectivity index (χ4n) is 6.10. The van der Waals surface area contributed by atoms with Gasteiger partial charge in [0.05, 0.1) is 0 Å². The van der Waals surface area contributed by atoms with E-state index in [9.17, 15) is 9.59 Å². The monoisotopic (exact) mass is 332 g/mol. The lowest BCUT2D eigenvalue weighted by molar-refractivity contribution is -0.137. The molecule has 0 radical (unpaired) electrons. The number of amides is 2. The van der Waals surface area contributed by atoms with Gasteiger partial charge in [0, 0.05) is 32.0 Å². The lowest BCUT2D eigenvalue weighted by Gasteiger charge is -2.49. The largest absolute Gasteiger partial charge is 0.353 e. The van der Waals surface area contributed by atoms with Crippen LogP contribution in [0.5, 0.6) is 0 Å². The van der Waals surface area contributed by atoms with Crippen LogP contribution in [0.25, 0.3) is 0 Å². The first-order valence-electron chi connectivity index (χ1n) is 10.1. The summed E-state index contributed by atoms with van der Waals surface area (Å²) in [4.78, 5) is 26.6. The van der Waals surface area contributed by atoms with Crippen molar-refractivity contribution in [2.75, 3.05) is 13.1 Å². The maximum Gasteiger partial charge on any atom is 0.226 e. The minimum atomic E-state index is 0.0981. The van der Waals surface area contributed by atoms with Crippen LogP contribution in [0, 0.1) is 16.7 Å². The third-order valence-electron chi connectivity index (χ3n) is 7.69. The Morgan fingerprint density at radius 2 is 1.54 bits per heavy atom. The molecule has 2 atom stereocenters. The van der Waals surface area contributed by atoms with Gasteiger partial charge in [-0.1, -0.05) is 25.7 Å². The normalized spacial score (nSPS) is 33.6. The Labute approximate surface area is 145 Å². The van der Waals surface area contributed by atoms with Gasteiger partial charge in [-0.2, -0.15) is 0 Å². The fraction of sp³-hybridized carbons (Fsp3) is 0.900. The van der Waals surface area contributed by atoms with Crippen molar-refractivity contribution in [2.24, 2.45) is 16.7 Å². The zero-order valence-electron chi connectivity index (χ0n) is 15.1. The molecule has 2 amide bonds. The molecule has 4 nitrogen and oxygen atoms in total. The molecule has 134 valence electrons. The standard InChI is InChI=1S/C20H32N2O2/c1-15(23)21-17-6-2-3-7-19(17)10-12-22(13-11-19)18(24)16-14-20(16)8-4-5-9-20/h16-17H,2-14H2,1H3,(H,21,23). The summed E-state index contributed by atoms with van der Waals surface area (Å²) in [5.41, 5.74) is 0.658. The van der Waals surface area contributed by atoms with Crippen molar-refractivity contribution < 1.29 is 9.59 Å². The number of nitrogens with one attached hydrogen (secondary N) is 1. The van der Waals surface area contributed by atoms with Gasteiger partial charge in [0.1, 0.15) is 0 Å². The summed E-state index contributed by atoms with van der Waals surface area (Å²) in [5.74, 6) is 0.881. The molecule has 0 aromatic carbocycles. The third-order valence-corrected chi connectivity index (χ3v) is 7.69. The summed E-state index contributed by atoms with van der Waals surface area (Å²) in [5, 5.41) is 3.22. The summed E-state index contributed by atoms with van der Waals surface area (Å²) in [6, 6.07) is 0.322. The molecule has 24 heavy (non-hydrogen) atoms. The Kier molecular flexibility index (Phi) is 4.12. The van der Waals surface area contributed by atoms with Gasteiger partial charge in [0.25, 0.3) is 0 Å². The Bertz CT molecular complexity index is 516. The quantitative estimate of drug-likeness (QED) is 0.844. The molecule has 4 aliphatic rings. The second kappa shape index (κ2) is 6.03. The van der Waals surface area contributed by atoms with Crippen molar-refractivity contribution in [3.63, 3.8) is 0 Å². The number of hydrogen-bond acceptors (Lipinski definition) is 2. The fourth-order valence-corrected chi connectivity index (χ4v) is 6.10. The van der Waals surface area contributed by atoms with E-state index in [-0.39, 0.29) is 11.3 Å². The molecule has 3 aliphatic carbocycles. The van der Waals surface area contributed by atoms with E-state index in [0.717, 1.165) is 38.8 Å². The second-order valence-corrected chi connectivity index (χ2v) is 9.01. The number of nitrogens with zero attached hydrogens (tertiary/aromatic N) is 1. The van der Waals surface area contributed by atoms with Gasteiger partial charge in [-0.25, -0.2) is 0 Å². The predicted octanol–water partition coefficient (Wildman–Crippen LogP) is 3.25. The van der Waals surface area contributed by atoms with E-state index >= 15 is 0 Å². The molecular formula is C20H32N2O2. The zero-order chi connectivity index (χ0) is 16.8.